The summed E-state index contributed by atoms with van der Waals surface area (Å²) in [5.74, 6) is -0.183. The highest BCUT2D eigenvalue weighted by Gasteiger charge is 2.32. The van der Waals surface area contributed by atoms with E-state index in [-0.39, 0.29) is 12.5 Å². The second kappa shape index (κ2) is 5.90. The summed E-state index contributed by atoms with van der Waals surface area (Å²) < 4.78 is 0. The van der Waals surface area contributed by atoms with Crippen molar-refractivity contribution in [3.63, 3.8) is 0 Å². The number of aliphatic hydroxyl groups is 1. The first-order chi connectivity index (χ1) is 9.28. The van der Waals surface area contributed by atoms with Crippen LogP contribution in [0.3, 0.4) is 0 Å². The lowest BCUT2D eigenvalue weighted by Crippen LogP contribution is -2.35. The average molecular weight is 317 g/mol. The summed E-state index contributed by atoms with van der Waals surface area (Å²) in [4.78, 5) is 14.0. The molecule has 1 saturated heterocycles. The molecule has 1 fully saturated rings. The number of hydrogen-bond donors (Lipinski definition) is 2. The van der Waals surface area contributed by atoms with Crippen molar-refractivity contribution in [3.05, 3.63) is 27.7 Å². The molecule has 1 unspecified atom stereocenters. The van der Waals surface area contributed by atoms with Gasteiger partial charge in [0.1, 0.15) is 0 Å². The number of anilines is 1. The summed E-state index contributed by atoms with van der Waals surface area (Å²) in [6, 6.07) is 3.51. The Morgan fingerprint density at radius 2 is 2.20 bits per heavy atom. The van der Waals surface area contributed by atoms with Crippen molar-refractivity contribution in [2.75, 3.05) is 25.0 Å². The zero-order valence-corrected chi connectivity index (χ0v) is 13.1. The van der Waals surface area contributed by atoms with Gasteiger partial charge in [-0.25, -0.2) is 0 Å². The van der Waals surface area contributed by atoms with E-state index in [1.54, 1.807) is 19.1 Å². The first-order valence-corrected chi connectivity index (χ1v) is 7.23. The second-order valence-electron chi connectivity index (χ2n) is 5.56. The minimum Gasteiger partial charge on any atom is -0.389 e. The molecule has 0 saturated carbocycles. The van der Waals surface area contributed by atoms with Gasteiger partial charge in [0.2, 0.25) is 5.91 Å². The Balaban J connectivity index is 2.01. The Hall–Kier alpha value is -0.810. The van der Waals surface area contributed by atoms with Crippen molar-refractivity contribution in [2.45, 2.75) is 25.9 Å². The molecule has 1 heterocycles. The highest BCUT2D eigenvalue weighted by atomic mass is 35.5. The van der Waals surface area contributed by atoms with Crippen LogP contribution in [0, 0.1) is 6.92 Å². The molecule has 1 amide bonds. The van der Waals surface area contributed by atoms with Crippen molar-refractivity contribution >= 4 is 34.8 Å². The minimum absolute atomic E-state index is 0.183. The lowest BCUT2D eigenvalue weighted by molar-refractivity contribution is -0.117. The Morgan fingerprint density at radius 3 is 2.80 bits per heavy atom. The van der Waals surface area contributed by atoms with Gasteiger partial charge in [0.15, 0.2) is 0 Å². The summed E-state index contributed by atoms with van der Waals surface area (Å²) in [6.45, 7) is 5.05. The molecule has 2 rings (SSSR count). The van der Waals surface area contributed by atoms with E-state index in [2.05, 4.69) is 5.32 Å². The molecule has 20 heavy (non-hydrogen) atoms. The number of carbonyl (C=O) groups excluding carboxylic acids is 1. The molecule has 4 nitrogen and oxygen atoms in total. The van der Waals surface area contributed by atoms with Gasteiger partial charge in [0.25, 0.3) is 0 Å². The number of aryl methyl sites for hydroxylation is 1. The van der Waals surface area contributed by atoms with Crippen LogP contribution in [0.2, 0.25) is 10.0 Å². The highest BCUT2D eigenvalue weighted by molar-refractivity contribution is 6.40. The fourth-order valence-electron chi connectivity index (χ4n) is 2.33. The number of benzene rings is 1. The Kier molecular flexibility index (Phi) is 4.59. The van der Waals surface area contributed by atoms with Crippen LogP contribution in [0.1, 0.15) is 18.9 Å². The second-order valence-corrected chi connectivity index (χ2v) is 6.34. The van der Waals surface area contributed by atoms with Crippen LogP contribution in [0.4, 0.5) is 5.69 Å². The molecule has 1 aromatic rings. The van der Waals surface area contributed by atoms with Crippen molar-refractivity contribution in [3.8, 4) is 0 Å². The van der Waals surface area contributed by atoms with Gasteiger partial charge in [-0.1, -0.05) is 29.3 Å². The predicted molar refractivity (Wildman–Crippen MR) is 81.5 cm³/mol. The molecule has 0 aliphatic carbocycles. The molecule has 0 spiro atoms. The standard InChI is InChI=1S/C14H18Cl2N2O2/c1-9-3-4-10(15)13(12(9)16)17-11(19)7-18-6-5-14(2,20)8-18/h3-4,20H,5-8H2,1-2H3,(H,17,19). The number of nitrogens with one attached hydrogen (secondary N) is 1. The van der Waals surface area contributed by atoms with E-state index < -0.39 is 5.60 Å². The molecule has 110 valence electrons. The van der Waals surface area contributed by atoms with Gasteiger partial charge >= 0.3 is 0 Å². The lowest BCUT2D eigenvalue weighted by atomic mass is 10.1. The SMILES string of the molecule is Cc1ccc(Cl)c(NC(=O)CN2CCC(C)(O)C2)c1Cl. The number of β-amino-alcohol motifs (C(OH)–C–C–N with tert-alkyl or cyclic N) is 1. The predicted octanol–water partition coefficient (Wildman–Crippen LogP) is 2.70. The summed E-state index contributed by atoms with van der Waals surface area (Å²) >= 11 is 12.2. The van der Waals surface area contributed by atoms with Gasteiger partial charge in [-0.05, 0) is 31.9 Å². The molecule has 6 heteroatoms. The fraction of sp³-hybridized carbons (Fsp3) is 0.500. The normalized spacial score (nSPS) is 23.1. The van der Waals surface area contributed by atoms with E-state index >= 15 is 0 Å². The molecule has 1 aliphatic rings. The van der Waals surface area contributed by atoms with Gasteiger partial charge < -0.3 is 10.4 Å². The molecule has 2 N–H and O–H groups in total. The highest BCUT2D eigenvalue weighted by Crippen LogP contribution is 2.32. The third kappa shape index (κ3) is 3.64. The van der Waals surface area contributed by atoms with Crippen molar-refractivity contribution in [1.82, 2.24) is 4.90 Å². The smallest absolute Gasteiger partial charge is 0.238 e. The van der Waals surface area contributed by atoms with Crippen molar-refractivity contribution in [2.24, 2.45) is 0 Å². The van der Waals surface area contributed by atoms with Crippen LogP contribution in [-0.2, 0) is 4.79 Å². The lowest BCUT2D eigenvalue weighted by Gasteiger charge is -2.19. The van der Waals surface area contributed by atoms with Crippen LogP contribution in [0.25, 0.3) is 0 Å². The maximum atomic E-state index is 12.0. The van der Waals surface area contributed by atoms with Crippen LogP contribution < -0.4 is 5.32 Å². The number of hydrogen-bond acceptors (Lipinski definition) is 3. The third-order valence-corrected chi connectivity index (χ3v) is 4.25. The van der Waals surface area contributed by atoms with Crippen LogP contribution in [0.15, 0.2) is 12.1 Å². The Bertz CT molecular complexity index is 532. The van der Waals surface area contributed by atoms with Crippen molar-refractivity contribution < 1.29 is 9.90 Å². The maximum absolute atomic E-state index is 12.0. The summed E-state index contributed by atoms with van der Waals surface area (Å²) in [6.07, 6.45) is 0.673. The average Bonchev–Trinajstić information content (AvgIpc) is 2.69. The first kappa shape index (κ1) is 15.6. The zero-order valence-electron chi connectivity index (χ0n) is 11.5. The third-order valence-electron chi connectivity index (χ3n) is 3.45. The van der Waals surface area contributed by atoms with E-state index in [4.69, 9.17) is 23.2 Å². The minimum atomic E-state index is -0.709. The van der Waals surface area contributed by atoms with E-state index in [9.17, 15) is 9.90 Å². The number of nitrogens with zero attached hydrogens (tertiary/aromatic N) is 1. The van der Waals surface area contributed by atoms with Gasteiger partial charge in [-0.15, -0.1) is 0 Å². The number of carbonyl (C=O) groups is 1. The summed E-state index contributed by atoms with van der Waals surface area (Å²) in [7, 11) is 0. The summed E-state index contributed by atoms with van der Waals surface area (Å²) in [5.41, 5.74) is 0.596. The van der Waals surface area contributed by atoms with Crippen molar-refractivity contribution in [1.29, 1.82) is 0 Å². The molecular formula is C14H18Cl2N2O2. The maximum Gasteiger partial charge on any atom is 0.238 e. The molecule has 1 aliphatic heterocycles. The van der Waals surface area contributed by atoms with Gasteiger partial charge in [-0.3, -0.25) is 9.69 Å². The molecule has 0 aromatic heterocycles. The molecule has 1 atom stereocenters. The van der Waals surface area contributed by atoms with E-state index in [1.807, 2.05) is 11.8 Å². The topological polar surface area (TPSA) is 52.6 Å². The van der Waals surface area contributed by atoms with Gasteiger partial charge in [0.05, 0.1) is 27.9 Å². The molecule has 0 bridgehead atoms. The van der Waals surface area contributed by atoms with Crippen LogP contribution in [0.5, 0.6) is 0 Å². The van der Waals surface area contributed by atoms with Crippen LogP contribution in [-0.4, -0.2) is 41.1 Å². The largest absolute Gasteiger partial charge is 0.389 e. The fourth-order valence-corrected chi connectivity index (χ4v) is 2.79. The number of rotatable bonds is 3. The molecule has 0 radical (unpaired) electrons. The monoisotopic (exact) mass is 316 g/mol. The first-order valence-electron chi connectivity index (χ1n) is 6.48. The van der Waals surface area contributed by atoms with Gasteiger partial charge in [-0.2, -0.15) is 0 Å². The zero-order chi connectivity index (χ0) is 14.9. The number of likely N-dealkylation sites (tertiary alicyclic amines) is 1. The molecular weight excluding hydrogens is 299 g/mol. The van der Waals surface area contributed by atoms with E-state index in [1.165, 1.54) is 0 Å². The van der Waals surface area contributed by atoms with Crippen LogP contribution >= 0.6 is 23.2 Å². The van der Waals surface area contributed by atoms with Gasteiger partial charge in [0, 0.05) is 13.1 Å². The Labute approximate surface area is 128 Å². The molecule has 1 aromatic carbocycles. The summed E-state index contributed by atoms with van der Waals surface area (Å²) in [5, 5.41) is 13.5. The number of halogens is 2. The Morgan fingerprint density at radius 1 is 1.50 bits per heavy atom. The van der Waals surface area contributed by atoms with E-state index in [0.717, 1.165) is 5.56 Å². The van der Waals surface area contributed by atoms with E-state index in [0.29, 0.717) is 35.2 Å². The number of amides is 1. The quantitative estimate of drug-likeness (QED) is 0.901.